The summed E-state index contributed by atoms with van der Waals surface area (Å²) >= 11 is 3.61. The lowest BCUT2D eigenvalue weighted by molar-refractivity contribution is 0.0650. The molecule has 4 aromatic heterocycles. The number of anilines is 1. The van der Waals surface area contributed by atoms with Crippen LogP contribution in [0.25, 0.3) is 28.0 Å². The van der Waals surface area contributed by atoms with Gasteiger partial charge in [0.1, 0.15) is 12.1 Å². The van der Waals surface area contributed by atoms with Gasteiger partial charge in [-0.1, -0.05) is 19.9 Å². The van der Waals surface area contributed by atoms with Crippen LogP contribution in [0.4, 0.5) is 10.2 Å². The summed E-state index contributed by atoms with van der Waals surface area (Å²) in [6.45, 7) is 4.71. The maximum atomic E-state index is 14.2. The molecule has 0 aliphatic carbocycles. The topological polar surface area (TPSA) is 140 Å². The summed E-state index contributed by atoms with van der Waals surface area (Å²) in [6.07, 6.45) is 7.65. The number of H-pyrrole nitrogens is 1. The SMILES string of the molecule is CCCN(C(=O)c1nnc[nH]1)[C@H](CC)CCc1nc2c(-c3ccc(-c4ccc(OC)c(F)c4)nc3)cnn2c(N)c1Br. The van der Waals surface area contributed by atoms with Crippen molar-refractivity contribution in [2.24, 2.45) is 0 Å². The average Bonchev–Trinajstić information content (AvgIpc) is 3.70. The van der Waals surface area contributed by atoms with Gasteiger partial charge < -0.3 is 20.4 Å². The molecule has 1 atom stereocenters. The molecule has 1 aromatic carbocycles. The molecular weight excluding hydrogens is 605 g/mol. The average molecular weight is 637 g/mol. The molecule has 0 aliphatic heterocycles. The standard InChI is InChI=1S/C29H31BrFN9O2/c1-4-12-39(29(41)27-34-16-35-38-27)19(5-2)8-10-23-25(30)26(32)40-28(37-23)20(15-36-40)18-6-9-22(33-14-18)17-7-11-24(42-3)21(31)13-17/h6-7,9,11,13-16,19H,4-5,8,10,12,32H2,1-3H3,(H,34,35,38)/t19-/m1/s1. The van der Waals surface area contributed by atoms with E-state index in [2.05, 4.69) is 48.1 Å². The summed E-state index contributed by atoms with van der Waals surface area (Å²) in [4.78, 5) is 27.3. The van der Waals surface area contributed by atoms with Gasteiger partial charge in [0.15, 0.2) is 17.2 Å². The first-order valence-electron chi connectivity index (χ1n) is 13.6. The predicted molar refractivity (Wildman–Crippen MR) is 160 cm³/mol. The highest BCUT2D eigenvalue weighted by molar-refractivity contribution is 9.10. The van der Waals surface area contributed by atoms with Crippen LogP contribution >= 0.6 is 15.9 Å². The van der Waals surface area contributed by atoms with Crippen molar-refractivity contribution in [3.05, 3.63) is 70.9 Å². The Balaban J connectivity index is 1.41. The van der Waals surface area contributed by atoms with E-state index in [1.165, 1.54) is 19.5 Å². The Kier molecular flexibility index (Phi) is 8.76. The molecule has 5 aromatic rings. The number of hydrogen-bond acceptors (Lipinski definition) is 8. The highest BCUT2D eigenvalue weighted by atomic mass is 79.9. The summed E-state index contributed by atoms with van der Waals surface area (Å²) in [5.74, 6) is 0.210. The minimum atomic E-state index is -0.452. The summed E-state index contributed by atoms with van der Waals surface area (Å²) in [7, 11) is 1.43. The first kappa shape index (κ1) is 29.1. The molecular formula is C29H31BrFN9O2. The number of benzene rings is 1. The number of nitrogens with one attached hydrogen (secondary N) is 1. The number of nitrogens with zero attached hydrogens (tertiary/aromatic N) is 7. The summed E-state index contributed by atoms with van der Waals surface area (Å²) in [6, 6.07) is 8.42. The van der Waals surface area contributed by atoms with E-state index in [0.29, 0.717) is 46.6 Å². The van der Waals surface area contributed by atoms with Crippen molar-refractivity contribution < 1.29 is 13.9 Å². The van der Waals surface area contributed by atoms with E-state index >= 15 is 0 Å². The number of amides is 1. The number of fused-ring (bicyclic) bond motifs is 1. The van der Waals surface area contributed by atoms with E-state index in [1.807, 2.05) is 24.0 Å². The van der Waals surface area contributed by atoms with Gasteiger partial charge in [-0.25, -0.2) is 9.37 Å². The Labute approximate surface area is 250 Å². The zero-order valence-corrected chi connectivity index (χ0v) is 25.1. The zero-order valence-electron chi connectivity index (χ0n) is 23.5. The number of nitrogen functional groups attached to an aromatic ring is 1. The number of carbonyl (C=O) groups is 1. The second-order valence-corrected chi connectivity index (χ2v) is 10.6. The van der Waals surface area contributed by atoms with Crippen molar-refractivity contribution in [1.82, 2.24) is 39.7 Å². The predicted octanol–water partition coefficient (Wildman–Crippen LogP) is 5.33. The molecule has 11 nitrogen and oxygen atoms in total. The maximum Gasteiger partial charge on any atom is 0.291 e. The van der Waals surface area contributed by atoms with E-state index in [0.717, 1.165) is 29.7 Å². The van der Waals surface area contributed by atoms with Crippen molar-refractivity contribution in [2.45, 2.75) is 45.6 Å². The van der Waals surface area contributed by atoms with Crippen molar-refractivity contribution in [3.8, 4) is 28.1 Å². The van der Waals surface area contributed by atoms with Crippen LogP contribution in [0.15, 0.2) is 53.5 Å². The Morgan fingerprint density at radius 2 is 2.02 bits per heavy atom. The molecule has 0 saturated carbocycles. The van der Waals surface area contributed by atoms with E-state index in [-0.39, 0.29) is 23.5 Å². The largest absolute Gasteiger partial charge is 0.494 e. The Bertz CT molecular complexity index is 1690. The van der Waals surface area contributed by atoms with Crippen LogP contribution < -0.4 is 10.5 Å². The van der Waals surface area contributed by atoms with Gasteiger partial charge in [-0.3, -0.25) is 9.78 Å². The molecule has 0 radical (unpaired) electrons. The number of aromatic amines is 1. The first-order valence-corrected chi connectivity index (χ1v) is 14.4. The second-order valence-electron chi connectivity index (χ2n) is 9.77. The summed E-state index contributed by atoms with van der Waals surface area (Å²) in [5.41, 5.74) is 10.6. The molecule has 13 heteroatoms. The zero-order chi connectivity index (χ0) is 29.8. The lowest BCUT2D eigenvalue weighted by Gasteiger charge is -2.30. The number of rotatable bonds is 11. The van der Waals surface area contributed by atoms with Crippen LogP contribution in [0, 0.1) is 5.82 Å². The number of nitrogens with two attached hydrogens (primary N) is 1. The third kappa shape index (κ3) is 5.69. The third-order valence-electron chi connectivity index (χ3n) is 7.18. The van der Waals surface area contributed by atoms with Gasteiger partial charge in [-0.2, -0.15) is 9.61 Å². The normalized spacial score (nSPS) is 12.0. The van der Waals surface area contributed by atoms with Gasteiger partial charge in [-0.15, -0.1) is 10.2 Å². The van der Waals surface area contributed by atoms with Crippen LogP contribution in [0.5, 0.6) is 5.75 Å². The number of hydrogen-bond donors (Lipinski definition) is 2. The lowest BCUT2D eigenvalue weighted by Crippen LogP contribution is -2.41. The Morgan fingerprint density at radius 1 is 1.21 bits per heavy atom. The quantitative estimate of drug-likeness (QED) is 0.198. The minimum absolute atomic E-state index is 0.0300. The van der Waals surface area contributed by atoms with Gasteiger partial charge in [0, 0.05) is 35.5 Å². The Morgan fingerprint density at radius 3 is 2.67 bits per heavy atom. The minimum Gasteiger partial charge on any atom is -0.494 e. The van der Waals surface area contributed by atoms with E-state index < -0.39 is 5.82 Å². The molecule has 0 fully saturated rings. The van der Waals surface area contributed by atoms with Crippen molar-refractivity contribution in [1.29, 1.82) is 0 Å². The smallest absolute Gasteiger partial charge is 0.291 e. The number of aromatic nitrogens is 7. The van der Waals surface area contributed by atoms with Crippen molar-refractivity contribution >= 4 is 33.3 Å². The highest BCUT2D eigenvalue weighted by Crippen LogP contribution is 2.32. The first-order chi connectivity index (χ1) is 20.4. The monoisotopic (exact) mass is 635 g/mol. The molecule has 3 N–H and O–H groups in total. The number of ether oxygens (including phenoxy) is 1. The number of methoxy groups -OCH3 is 1. The summed E-state index contributed by atoms with van der Waals surface area (Å²) in [5, 5.41) is 12.1. The highest BCUT2D eigenvalue weighted by Gasteiger charge is 2.26. The Hall–Kier alpha value is -4.39. The van der Waals surface area contributed by atoms with Crippen LogP contribution in [0.1, 0.15) is 49.4 Å². The molecule has 0 aliphatic rings. The van der Waals surface area contributed by atoms with E-state index in [9.17, 15) is 9.18 Å². The van der Waals surface area contributed by atoms with Gasteiger partial charge in [0.25, 0.3) is 5.91 Å². The molecule has 4 heterocycles. The van der Waals surface area contributed by atoms with Crippen LogP contribution in [0.3, 0.4) is 0 Å². The molecule has 1 amide bonds. The number of pyridine rings is 1. The molecule has 5 rings (SSSR count). The van der Waals surface area contributed by atoms with Crippen LogP contribution in [-0.2, 0) is 6.42 Å². The maximum absolute atomic E-state index is 14.2. The number of carbonyl (C=O) groups excluding carboxylic acids is 1. The van der Waals surface area contributed by atoms with Crippen LogP contribution in [-0.4, -0.2) is 65.3 Å². The number of aryl methyl sites for hydroxylation is 1. The van der Waals surface area contributed by atoms with Gasteiger partial charge in [-0.05, 0) is 65.9 Å². The van der Waals surface area contributed by atoms with Crippen LogP contribution in [0.2, 0.25) is 0 Å². The lowest BCUT2D eigenvalue weighted by atomic mass is 10.0. The van der Waals surface area contributed by atoms with Gasteiger partial charge in [0.05, 0.1) is 29.2 Å². The van der Waals surface area contributed by atoms with E-state index in [4.69, 9.17) is 15.5 Å². The fourth-order valence-electron chi connectivity index (χ4n) is 4.98. The molecule has 0 unspecified atom stereocenters. The second kappa shape index (κ2) is 12.6. The summed E-state index contributed by atoms with van der Waals surface area (Å²) < 4.78 is 21.5. The van der Waals surface area contributed by atoms with Crippen molar-refractivity contribution in [3.63, 3.8) is 0 Å². The fraction of sp³-hybridized carbons (Fsp3) is 0.310. The van der Waals surface area contributed by atoms with Gasteiger partial charge in [0.2, 0.25) is 5.82 Å². The molecule has 218 valence electrons. The molecule has 0 bridgehead atoms. The molecule has 42 heavy (non-hydrogen) atoms. The van der Waals surface area contributed by atoms with Gasteiger partial charge >= 0.3 is 0 Å². The molecule has 0 spiro atoms. The van der Waals surface area contributed by atoms with Crippen molar-refractivity contribution in [2.75, 3.05) is 19.4 Å². The van der Waals surface area contributed by atoms with E-state index in [1.54, 1.807) is 29.0 Å². The third-order valence-corrected chi connectivity index (χ3v) is 8.05. The number of halogens is 2. The molecule has 0 saturated heterocycles. The fourth-order valence-corrected chi connectivity index (χ4v) is 5.44.